The molecule has 1 aliphatic carbocycles. The van der Waals surface area contributed by atoms with Crippen molar-refractivity contribution in [2.75, 3.05) is 7.11 Å². The molecule has 0 spiro atoms. The minimum absolute atomic E-state index is 0.0902. The standard InChI is InChI=1S/C11H10N2O4/c1-5-8(14)7-6(9(15)10(5)17-3)11(16)13(2)4-12-7/h4H,1-3H3. The van der Waals surface area contributed by atoms with Gasteiger partial charge in [-0.2, -0.15) is 0 Å². The van der Waals surface area contributed by atoms with Gasteiger partial charge in [-0.15, -0.1) is 0 Å². The van der Waals surface area contributed by atoms with E-state index in [9.17, 15) is 14.4 Å². The molecule has 6 heteroatoms. The van der Waals surface area contributed by atoms with Crippen molar-refractivity contribution in [3.8, 4) is 0 Å². The lowest BCUT2D eigenvalue weighted by atomic mass is 9.93. The van der Waals surface area contributed by atoms with Gasteiger partial charge in [0.05, 0.1) is 13.4 Å². The third-order valence-electron chi connectivity index (χ3n) is 2.66. The van der Waals surface area contributed by atoms with Gasteiger partial charge >= 0.3 is 0 Å². The van der Waals surface area contributed by atoms with Crippen LogP contribution in [0.25, 0.3) is 0 Å². The molecule has 6 nitrogen and oxygen atoms in total. The summed E-state index contributed by atoms with van der Waals surface area (Å²) in [7, 11) is 2.75. The summed E-state index contributed by atoms with van der Waals surface area (Å²) in [6.45, 7) is 1.47. The summed E-state index contributed by atoms with van der Waals surface area (Å²) in [6.07, 6.45) is 1.22. The van der Waals surface area contributed by atoms with Crippen LogP contribution in [0.2, 0.25) is 0 Å². The monoisotopic (exact) mass is 234 g/mol. The highest BCUT2D eigenvalue weighted by Gasteiger charge is 2.34. The number of carbonyl (C=O) groups excluding carboxylic acids is 2. The summed E-state index contributed by atoms with van der Waals surface area (Å²) in [5.74, 6) is -1.13. The van der Waals surface area contributed by atoms with E-state index in [4.69, 9.17) is 4.74 Å². The van der Waals surface area contributed by atoms with Crippen molar-refractivity contribution in [2.24, 2.45) is 7.05 Å². The van der Waals surface area contributed by atoms with Gasteiger partial charge in [-0.25, -0.2) is 4.98 Å². The van der Waals surface area contributed by atoms with Crippen LogP contribution in [0.1, 0.15) is 27.8 Å². The Morgan fingerprint density at radius 2 is 1.88 bits per heavy atom. The molecule has 88 valence electrons. The van der Waals surface area contributed by atoms with Crippen LogP contribution in [0.4, 0.5) is 0 Å². The first kappa shape index (κ1) is 11.3. The first-order chi connectivity index (χ1) is 7.99. The lowest BCUT2D eigenvalue weighted by molar-refractivity contribution is 0.0901. The largest absolute Gasteiger partial charge is 0.492 e. The predicted molar refractivity (Wildman–Crippen MR) is 57.8 cm³/mol. The van der Waals surface area contributed by atoms with Crippen LogP contribution in [0, 0.1) is 0 Å². The number of allylic oxidation sites excluding steroid dienone is 2. The molecule has 0 aromatic carbocycles. The Hall–Kier alpha value is -2.24. The minimum atomic E-state index is -0.590. The van der Waals surface area contributed by atoms with Gasteiger partial charge in [-0.05, 0) is 6.92 Å². The van der Waals surface area contributed by atoms with Crippen LogP contribution < -0.4 is 5.56 Å². The highest BCUT2D eigenvalue weighted by atomic mass is 16.5. The van der Waals surface area contributed by atoms with Gasteiger partial charge in [-0.3, -0.25) is 14.4 Å². The molecule has 0 saturated heterocycles. The number of rotatable bonds is 1. The third-order valence-corrected chi connectivity index (χ3v) is 2.66. The number of hydrogen-bond acceptors (Lipinski definition) is 5. The molecule has 1 aliphatic rings. The van der Waals surface area contributed by atoms with Crippen LogP contribution in [-0.4, -0.2) is 28.2 Å². The van der Waals surface area contributed by atoms with Crippen molar-refractivity contribution in [1.29, 1.82) is 0 Å². The molecule has 0 atom stereocenters. The van der Waals surface area contributed by atoms with Crippen molar-refractivity contribution in [2.45, 2.75) is 6.92 Å². The van der Waals surface area contributed by atoms with Gasteiger partial charge in [-0.1, -0.05) is 0 Å². The molecule has 0 unspecified atom stereocenters. The maximum Gasteiger partial charge on any atom is 0.265 e. The number of aryl methyl sites for hydroxylation is 1. The highest BCUT2D eigenvalue weighted by molar-refractivity contribution is 6.24. The van der Waals surface area contributed by atoms with Gasteiger partial charge in [0, 0.05) is 12.6 Å². The number of Topliss-reactive ketones (excluding diaryl/α,β-unsaturated/α-hetero) is 2. The summed E-state index contributed by atoms with van der Waals surface area (Å²) in [4.78, 5) is 39.5. The topological polar surface area (TPSA) is 78.3 Å². The number of fused-ring (bicyclic) bond motifs is 1. The van der Waals surface area contributed by atoms with Crippen molar-refractivity contribution in [3.63, 3.8) is 0 Å². The Labute approximate surface area is 96.5 Å². The quantitative estimate of drug-likeness (QED) is 0.687. The molecule has 1 aromatic heterocycles. The second-order valence-corrected chi connectivity index (χ2v) is 3.70. The fraction of sp³-hybridized carbons (Fsp3) is 0.273. The highest BCUT2D eigenvalue weighted by Crippen LogP contribution is 2.22. The van der Waals surface area contributed by atoms with Gasteiger partial charge < -0.3 is 9.30 Å². The van der Waals surface area contributed by atoms with E-state index in [1.54, 1.807) is 0 Å². The van der Waals surface area contributed by atoms with E-state index in [1.165, 1.54) is 27.4 Å². The zero-order valence-corrected chi connectivity index (χ0v) is 9.60. The van der Waals surface area contributed by atoms with E-state index in [0.717, 1.165) is 4.57 Å². The average Bonchev–Trinajstić information content (AvgIpc) is 2.30. The molecule has 0 aliphatic heterocycles. The van der Waals surface area contributed by atoms with E-state index in [-0.39, 0.29) is 22.6 Å². The Morgan fingerprint density at radius 3 is 2.47 bits per heavy atom. The van der Waals surface area contributed by atoms with Crippen LogP contribution in [-0.2, 0) is 11.8 Å². The zero-order chi connectivity index (χ0) is 12.7. The van der Waals surface area contributed by atoms with Crippen molar-refractivity contribution in [1.82, 2.24) is 9.55 Å². The molecule has 0 N–H and O–H groups in total. The van der Waals surface area contributed by atoms with E-state index in [1.807, 2.05) is 0 Å². The number of nitrogens with zero attached hydrogens (tertiary/aromatic N) is 2. The molecule has 0 radical (unpaired) electrons. The van der Waals surface area contributed by atoms with Crippen LogP contribution in [0.15, 0.2) is 22.5 Å². The van der Waals surface area contributed by atoms with Crippen molar-refractivity contribution < 1.29 is 14.3 Å². The Balaban J connectivity index is 2.83. The van der Waals surface area contributed by atoms with E-state index >= 15 is 0 Å². The Morgan fingerprint density at radius 1 is 1.24 bits per heavy atom. The van der Waals surface area contributed by atoms with E-state index in [2.05, 4.69) is 4.98 Å². The number of methoxy groups -OCH3 is 1. The van der Waals surface area contributed by atoms with E-state index < -0.39 is 17.1 Å². The van der Waals surface area contributed by atoms with Crippen LogP contribution in [0.5, 0.6) is 0 Å². The van der Waals surface area contributed by atoms with Gasteiger partial charge in [0.1, 0.15) is 11.3 Å². The maximum atomic E-state index is 12.0. The predicted octanol–water partition coefficient (Wildman–Crippen LogP) is 0.0797. The summed E-state index contributed by atoms with van der Waals surface area (Å²) in [5, 5.41) is 0. The van der Waals surface area contributed by atoms with E-state index in [0.29, 0.717) is 0 Å². The maximum absolute atomic E-state index is 12.0. The first-order valence-corrected chi connectivity index (χ1v) is 4.89. The molecule has 0 bridgehead atoms. The third kappa shape index (κ3) is 1.41. The van der Waals surface area contributed by atoms with Gasteiger partial charge in [0.15, 0.2) is 5.76 Å². The first-order valence-electron chi connectivity index (χ1n) is 4.89. The average molecular weight is 234 g/mol. The molecule has 2 rings (SSSR count). The summed E-state index contributed by atoms with van der Waals surface area (Å²) < 4.78 is 6.02. The normalized spacial score (nSPS) is 15.0. The number of hydrogen-bond donors (Lipinski definition) is 0. The Bertz CT molecular complexity index is 625. The molecular weight excluding hydrogens is 224 g/mol. The molecular formula is C11H10N2O4. The molecule has 0 saturated carbocycles. The minimum Gasteiger partial charge on any atom is -0.492 e. The second kappa shape index (κ2) is 3.65. The zero-order valence-electron chi connectivity index (χ0n) is 9.60. The molecule has 0 fully saturated rings. The van der Waals surface area contributed by atoms with Crippen molar-refractivity contribution >= 4 is 11.6 Å². The SMILES string of the molecule is COC1=C(C)C(=O)c2ncn(C)c(=O)c2C1=O. The number of carbonyl (C=O) groups is 2. The fourth-order valence-electron chi connectivity index (χ4n) is 1.73. The smallest absolute Gasteiger partial charge is 0.265 e. The number of ether oxygens (including phenoxy) is 1. The Kier molecular flexibility index (Phi) is 2.42. The summed E-state index contributed by atoms with van der Waals surface area (Å²) in [5.41, 5.74) is -0.694. The lowest BCUT2D eigenvalue weighted by Crippen LogP contribution is -2.34. The van der Waals surface area contributed by atoms with Crippen LogP contribution in [0.3, 0.4) is 0 Å². The second-order valence-electron chi connectivity index (χ2n) is 3.70. The summed E-state index contributed by atoms with van der Waals surface area (Å²) >= 11 is 0. The number of aromatic nitrogens is 2. The number of ketones is 2. The molecule has 0 amide bonds. The molecule has 17 heavy (non-hydrogen) atoms. The molecule has 1 heterocycles. The van der Waals surface area contributed by atoms with Crippen molar-refractivity contribution in [3.05, 3.63) is 39.3 Å². The summed E-state index contributed by atoms with van der Waals surface area (Å²) in [6, 6.07) is 0. The van der Waals surface area contributed by atoms with Gasteiger partial charge in [0.2, 0.25) is 11.6 Å². The van der Waals surface area contributed by atoms with Gasteiger partial charge in [0.25, 0.3) is 5.56 Å². The fourth-order valence-corrected chi connectivity index (χ4v) is 1.73. The molecule has 1 aromatic rings. The lowest BCUT2D eigenvalue weighted by Gasteiger charge is -2.16. The van der Waals surface area contributed by atoms with Crippen LogP contribution >= 0.6 is 0 Å².